The molecule has 0 N–H and O–H groups in total. The van der Waals surface area contributed by atoms with Crippen molar-refractivity contribution in [1.29, 1.82) is 0 Å². The molecule has 32 heavy (non-hydrogen) atoms. The molecular weight excluding hydrogens is 388 g/mol. The highest BCUT2D eigenvalue weighted by Gasteiger charge is 2.07. The maximum atomic E-state index is 3.36. The lowest BCUT2D eigenvalue weighted by Crippen LogP contribution is -2.33. The second-order valence-electron chi connectivity index (χ2n) is 7.31. The molecule has 0 fully saturated rings. The van der Waals surface area contributed by atoms with Gasteiger partial charge in [-0.3, -0.25) is 0 Å². The molecule has 2 heterocycles. The Bertz CT molecular complexity index is 947. The molecule has 162 valence electrons. The summed E-state index contributed by atoms with van der Waals surface area (Å²) in [5.74, 6) is 0. The largest absolute Gasteiger partial charge is 0.201 e. The van der Waals surface area contributed by atoms with Gasteiger partial charge >= 0.3 is 0 Å². The van der Waals surface area contributed by atoms with Crippen LogP contribution in [0.2, 0.25) is 0 Å². The van der Waals surface area contributed by atoms with Crippen LogP contribution in [0.5, 0.6) is 0 Å². The maximum Gasteiger partial charge on any atom is 0.173 e. The number of aromatic nitrogens is 2. The first-order valence-electron chi connectivity index (χ1n) is 10.9. The minimum atomic E-state index is 0.896. The fraction of sp³-hybridized carbons (Fsp3) is 0.133. The molecule has 0 spiro atoms. The Morgan fingerprint density at radius 3 is 1.09 bits per heavy atom. The van der Waals surface area contributed by atoms with Gasteiger partial charge in [0.2, 0.25) is 0 Å². The Hall–Kier alpha value is -3.78. The van der Waals surface area contributed by atoms with E-state index in [4.69, 9.17) is 0 Å². The van der Waals surface area contributed by atoms with Gasteiger partial charge in [-0.1, -0.05) is 72.8 Å². The SMILES string of the molecule is C=CC.C=CC.c1ccc(C[n+]2ccc(-c3cc[n+](Cc4ccccc4)cc3)cc2)cc1. The number of allylic oxidation sites excluding steroid dienone is 2. The Kier molecular flexibility index (Phi) is 10.9. The van der Waals surface area contributed by atoms with E-state index in [0.29, 0.717) is 0 Å². The summed E-state index contributed by atoms with van der Waals surface area (Å²) in [6.45, 7) is 12.3. The summed E-state index contributed by atoms with van der Waals surface area (Å²) in [4.78, 5) is 0. The summed E-state index contributed by atoms with van der Waals surface area (Å²) in [5.41, 5.74) is 5.10. The predicted octanol–water partition coefficient (Wildman–Crippen LogP) is 6.41. The van der Waals surface area contributed by atoms with Crippen LogP contribution in [0.4, 0.5) is 0 Å². The minimum absolute atomic E-state index is 0.896. The second-order valence-corrected chi connectivity index (χ2v) is 7.31. The molecule has 0 aliphatic carbocycles. The summed E-state index contributed by atoms with van der Waals surface area (Å²) in [6, 6.07) is 29.8. The van der Waals surface area contributed by atoms with Crippen LogP contribution >= 0.6 is 0 Å². The zero-order valence-electron chi connectivity index (χ0n) is 19.3. The van der Waals surface area contributed by atoms with Crippen LogP contribution in [0.1, 0.15) is 25.0 Å². The van der Waals surface area contributed by atoms with Crippen LogP contribution in [-0.2, 0) is 13.1 Å². The molecule has 0 aliphatic heterocycles. The highest BCUT2D eigenvalue weighted by atomic mass is 14.9. The molecular formula is C30H34N2+2. The van der Waals surface area contributed by atoms with E-state index < -0.39 is 0 Å². The maximum absolute atomic E-state index is 3.36. The third-order valence-electron chi connectivity index (χ3n) is 4.53. The number of pyridine rings is 2. The number of benzene rings is 2. The van der Waals surface area contributed by atoms with Gasteiger partial charge in [-0.15, -0.1) is 13.2 Å². The lowest BCUT2D eigenvalue weighted by molar-refractivity contribution is -0.688. The quantitative estimate of drug-likeness (QED) is 0.259. The van der Waals surface area contributed by atoms with E-state index in [1.165, 1.54) is 22.3 Å². The number of nitrogens with zero attached hydrogens (tertiary/aromatic N) is 2. The van der Waals surface area contributed by atoms with Gasteiger partial charge in [0, 0.05) is 35.4 Å². The van der Waals surface area contributed by atoms with E-state index in [9.17, 15) is 0 Å². The third kappa shape index (κ3) is 8.53. The molecule has 0 aliphatic rings. The van der Waals surface area contributed by atoms with Crippen LogP contribution in [0.25, 0.3) is 11.1 Å². The fourth-order valence-electron chi connectivity index (χ4n) is 3.10. The zero-order chi connectivity index (χ0) is 23.0. The standard InChI is InChI=1S/C24H22N2.2C3H6/c1-3-7-21(8-4-1)19-25-15-11-23(12-16-25)24-13-17-26(18-14-24)20-22-9-5-2-6-10-22;2*1-3-2/h1-18H,19-20H2;2*3H,1H2,2H3/q+2;;. The molecule has 0 unspecified atom stereocenters. The minimum Gasteiger partial charge on any atom is -0.201 e. The van der Waals surface area contributed by atoms with Gasteiger partial charge in [0.05, 0.1) is 0 Å². The molecule has 2 nitrogen and oxygen atoms in total. The lowest BCUT2D eigenvalue weighted by Gasteiger charge is -2.02. The summed E-state index contributed by atoms with van der Waals surface area (Å²) in [5, 5.41) is 0. The molecule has 2 heteroatoms. The number of rotatable bonds is 5. The molecule has 0 radical (unpaired) electrons. The molecule has 0 saturated heterocycles. The summed E-state index contributed by atoms with van der Waals surface area (Å²) in [7, 11) is 0. The molecule has 0 bridgehead atoms. The van der Waals surface area contributed by atoms with E-state index in [1.54, 1.807) is 12.2 Å². The predicted molar refractivity (Wildman–Crippen MR) is 135 cm³/mol. The molecule has 0 amide bonds. The Morgan fingerprint density at radius 1 is 0.531 bits per heavy atom. The van der Waals surface area contributed by atoms with Crippen LogP contribution in [-0.4, -0.2) is 0 Å². The van der Waals surface area contributed by atoms with E-state index in [2.05, 4.69) is 132 Å². The monoisotopic (exact) mass is 422 g/mol. The van der Waals surface area contributed by atoms with Gasteiger partial charge < -0.3 is 0 Å². The van der Waals surface area contributed by atoms with E-state index in [1.807, 2.05) is 13.8 Å². The van der Waals surface area contributed by atoms with Crippen molar-refractivity contribution in [3.05, 3.63) is 146 Å². The molecule has 4 rings (SSSR count). The van der Waals surface area contributed by atoms with Crippen LogP contribution in [0.3, 0.4) is 0 Å². The first-order chi connectivity index (χ1) is 15.7. The topological polar surface area (TPSA) is 7.76 Å². The van der Waals surface area contributed by atoms with Crippen LogP contribution in [0.15, 0.2) is 135 Å². The highest BCUT2D eigenvalue weighted by Crippen LogP contribution is 2.15. The Balaban J connectivity index is 0.000000547. The van der Waals surface area contributed by atoms with E-state index in [-0.39, 0.29) is 0 Å². The summed E-state index contributed by atoms with van der Waals surface area (Å²) >= 11 is 0. The first-order valence-corrected chi connectivity index (χ1v) is 10.9. The van der Waals surface area contributed by atoms with Crippen molar-refractivity contribution in [3.8, 4) is 11.1 Å². The molecule has 4 aromatic rings. The van der Waals surface area contributed by atoms with E-state index >= 15 is 0 Å². The van der Waals surface area contributed by atoms with Gasteiger partial charge in [0.25, 0.3) is 0 Å². The third-order valence-corrected chi connectivity index (χ3v) is 4.53. The van der Waals surface area contributed by atoms with Crippen molar-refractivity contribution in [2.75, 3.05) is 0 Å². The number of hydrogen-bond acceptors (Lipinski definition) is 0. The Morgan fingerprint density at radius 2 is 0.812 bits per heavy atom. The van der Waals surface area contributed by atoms with Gasteiger partial charge in [0.15, 0.2) is 37.9 Å². The van der Waals surface area contributed by atoms with Crippen molar-refractivity contribution in [2.45, 2.75) is 26.9 Å². The average Bonchev–Trinajstić information content (AvgIpc) is 2.83. The fourth-order valence-corrected chi connectivity index (χ4v) is 3.10. The zero-order valence-corrected chi connectivity index (χ0v) is 19.3. The number of hydrogen-bond donors (Lipinski definition) is 0. The van der Waals surface area contributed by atoms with Crippen molar-refractivity contribution in [2.24, 2.45) is 0 Å². The summed E-state index contributed by atoms with van der Waals surface area (Å²) in [6.07, 6.45) is 12.1. The summed E-state index contributed by atoms with van der Waals surface area (Å²) < 4.78 is 4.41. The molecule has 2 aromatic carbocycles. The van der Waals surface area contributed by atoms with Gasteiger partial charge in [0.1, 0.15) is 0 Å². The van der Waals surface area contributed by atoms with Crippen LogP contribution < -0.4 is 9.13 Å². The Labute approximate surface area is 193 Å². The molecule has 2 aromatic heterocycles. The highest BCUT2D eigenvalue weighted by molar-refractivity contribution is 5.60. The molecule has 0 atom stereocenters. The lowest BCUT2D eigenvalue weighted by atomic mass is 10.1. The second kappa shape index (κ2) is 14.3. The first kappa shape index (κ1) is 24.5. The smallest absolute Gasteiger partial charge is 0.173 e. The van der Waals surface area contributed by atoms with Gasteiger partial charge in [-0.2, -0.15) is 0 Å². The van der Waals surface area contributed by atoms with Gasteiger partial charge in [-0.05, 0) is 25.0 Å². The van der Waals surface area contributed by atoms with Crippen molar-refractivity contribution in [3.63, 3.8) is 0 Å². The van der Waals surface area contributed by atoms with Crippen molar-refractivity contribution >= 4 is 0 Å². The van der Waals surface area contributed by atoms with Crippen molar-refractivity contribution < 1.29 is 9.13 Å². The van der Waals surface area contributed by atoms with Crippen LogP contribution in [0, 0.1) is 0 Å². The molecule has 0 saturated carbocycles. The van der Waals surface area contributed by atoms with E-state index in [0.717, 1.165) is 13.1 Å². The van der Waals surface area contributed by atoms with Crippen molar-refractivity contribution in [1.82, 2.24) is 0 Å². The normalized spacial score (nSPS) is 9.44. The average molecular weight is 423 g/mol. The van der Waals surface area contributed by atoms with Gasteiger partial charge in [-0.25, -0.2) is 9.13 Å².